The lowest BCUT2D eigenvalue weighted by atomic mass is 10.2. The van der Waals surface area contributed by atoms with Crippen molar-refractivity contribution < 1.29 is 4.79 Å². The van der Waals surface area contributed by atoms with Crippen molar-refractivity contribution in [1.82, 2.24) is 14.7 Å². The van der Waals surface area contributed by atoms with Crippen molar-refractivity contribution in [2.24, 2.45) is 0 Å². The maximum atomic E-state index is 12.0. The van der Waals surface area contributed by atoms with Gasteiger partial charge in [-0.15, -0.1) is 0 Å². The largest absolute Gasteiger partial charge is 0.341 e. The summed E-state index contributed by atoms with van der Waals surface area (Å²) >= 11 is 1.80. The molecule has 0 aliphatic carbocycles. The Balaban J connectivity index is 1.97. The molecule has 5 heteroatoms. The van der Waals surface area contributed by atoms with E-state index in [4.69, 9.17) is 0 Å². The molecular formula is C17H23N3OS. The fourth-order valence-corrected chi connectivity index (χ4v) is 2.86. The Morgan fingerprint density at radius 3 is 2.86 bits per heavy atom. The van der Waals surface area contributed by atoms with E-state index >= 15 is 0 Å². The molecule has 0 bridgehead atoms. The number of aromatic nitrogens is 2. The number of hydrogen-bond acceptors (Lipinski definition) is 3. The van der Waals surface area contributed by atoms with Crippen LogP contribution in [0.4, 0.5) is 0 Å². The highest BCUT2D eigenvalue weighted by Gasteiger charge is 2.11. The summed E-state index contributed by atoms with van der Waals surface area (Å²) in [5.41, 5.74) is 3.29. The Hall–Kier alpha value is -1.75. The summed E-state index contributed by atoms with van der Waals surface area (Å²) in [5, 5.41) is 4.41. The second-order valence-electron chi connectivity index (χ2n) is 5.28. The molecule has 4 nitrogen and oxygen atoms in total. The van der Waals surface area contributed by atoms with Crippen molar-refractivity contribution in [3.05, 3.63) is 47.8 Å². The fourth-order valence-electron chi connectivity index (χ4n) is 2.25. The molecule has 0 unspecified atom stereocenters. The van der Waals surface area contributed by atoms with Crippen LogP contribution in [-0.2, 0) is 11.3 Å². The third-order valence-corrected chi connectivity index (χ3v) is 4.41. The summed E-state index contributed by atoms with van der Waals surface area (Å²) in [6, 6.07) is 8.13. The number of benzene rings is 1. The van der Waals surface area contributed by atoms with Crippen LogP contribution < -0.4 is 0 Å². The molecule has 0 radical (unpaired) electrons. The Morgan fingerprint density at radius 2 is 2.14 bits per heavy atom. The van der Waals surface area contributed by atoms with Crippen molar-refractivity contribution in [3.63, 3.8) is 0 Å². The predicted octanol–water partition coefficient (Wildman–Crippen LogP) is 3.28. The van der Waals surface area contributed by atoms with Crippen LogP contribution in [0.2, 0.25) is 0 Å². The van der Waals surface area contributed by atoms with E-state index in [9.17, 15) is 4.79 Å². The maximum absolute atomic E-state index is 12.0. The van der Waals surface area contributed by atoms with Gasteiger partial charge in [0.15, 0.2) is 0 Å². The first kappa shape index (κ1) is 16.6. The monoisotopic (exact) mass is 317 g/mol. The average molecular weight is 317 g/mol. The summed E-state index contributed by atoms with van der Waals surface area (Å²) in [6.07, 6.45) is 4.42. The number of nitrogens with zero attached hydrogens (tertiary/aromatic N) is 3. The van der Waals surface area contributed by atoms with Gasteiger partial charge in [0.2, 0.25) is 5.91 Å². The number of hydrogen-bond donors (Lipinski definition) is 0. The first-order valence-corrected chi connectivity index (χ1v) is 8.68. The van der Waals surface area contributed by atoms with Gasteiger partial charge >= 0.3 is 0 Å². The number of para-hydroxylation sites is 1. The Labute approximate surface area is 136 Å². The van der Waals surface area contributed by atoms with Gasteiger partial charge in [0.25, 0.3) is 0 Å². The van der Waals surface area contributed by atoms with E-state index in [1.807, 2.05) is 42.3 Å². The topological polar surface area (TPSA) is 38.1 Å². The minimum atomic E-state index is 0.185. The first-order chi connectivity index (χ1) is 10.6. The molecule has 1 aromatic heterocycles. The Kier molecular flexibility index (Phi) is 6.07. The van der Waals surface area contributed by atoms with Crippen LogP contribution in [0.25, 0.3) is 5.69 Å². The van der Waals surface area contributed by atoms with Gasteiger partial charge < -0.3 is 4.90 Å². The predicted molar refractivity (Wildman–Crippen MR) is 92.4 cm³/mol. The highest BCUT2D eigenvalue weighted by atomic mass is 32.2. The standard InChI is InChI=1S/C17H23N3OS/c1-4-22-10-9-17(21)19(3)12-15-11-18-20(13-15)16-8-6-5-7-14(16)2/h5-8,11,13H,4,9-10,12H2,1-3H3. The van der Waals surface area contributed by atoms with Gasteiger partial charge in [0.05, 0.1) is 11.9 Å². The Bertz CT molecular complexity index is 624. The zero-order chi connectivity index (χ0) is 15.9. The number of rotatable bonds is 7. The van der Waals surface area contributed by atoms with Crippen LogP contribution in [-0.4, -0.2) is 39.1 Å². The third-order valence-electron chi connectivity index (χ3n) is 3.51. The highest BCUT2D eigenvalue weighted by Crippen LogP contribution is 2.14. The van der Waals surface area contributed by atoms with Gasteiger partial charge in [0, 0.05) is 37.5 Å². The van der Waals surface area contributed by atoms with Crippen molar-refractivity contribution in [3.8, 4) is 5.69 Å². The molecule has 2 rings (SSSR count). The molecule has 22 heavy (non-hydrogen) atoms. The summed E-state index contributed by atoms with van der Waals surface area (Å²) in [7, 11) is 1.85. The van der Waals surface area contributed by atoms with Gasteiger partial charge in [0.1, 0.15) is 0 Å². The van der Waals surface area contributed by atoms with Crippen LogP contribution in [0.5, 0.6) is 0 Å². The third kappa shape index (κ3) is 4.37. The van der Waals surface area contributed by atoms with Crippen molar-refractivity contribution in [2.45, 2.75) is 26.8 Å². The molecule has 0 aliphatic rings. The van der Waals surface area contributed by atoms with E-state index in [1.165, 1.54) is 5.56 Å². The van der Waals surface area contributed by atoms with Crippen LogP contribution in [0.15, 0.2) is 36.7 Å². The Morgan fingerprint density at radius 1 is 1.36 bits per heavy atom. The highest BCUT2D eigenvalue weighted by molar-refractivity contribution is 7.99. The van der Waals surface area contributed by atoms with E-state index < -0.39 is 0 Å². The van der Waals surface area contributed by atoms with E-state index in [2.05, 4.69) is 25.0 Å². The van der Waals surface area contributed by atoms with Gasteiger partial charge in [-0.25, -0.2) is 4.68 Å². The van der Waals surface area contributed by atoms with Crippen molar-refractivity contribution in [1.29, 1.82) is 0 Å². The number of thioether (sulfide) groups is 1. The zero-order valence-electron chi connectivity index (χ0n) is 13.5. The summed E-state index contributed by atoms with van der Waals surface area (Å²) < 4.78 is 1.87. The molecule has 118 valence electrons. The minimum absolute atomic E-state index is 0.185. The number of carbonyl (C=O) groups excluding carboxylic acids is 1. The minimum Gasteiger partial charge on any atom is -0.341 e. The number of amides is 1. The number of carbonyl (C=O) groups is 1. The molecule has 0 saturated heterocycles. The molecule has 1 heterocycles. The summed E-state index contributed by atoms with van der Waals surface area (Å²) in [6.45, 7) is 4.78. The van der Waals surface area contributed by atoms with E-state index in [1.54, 1.807) is 16.7 Å². The van der Waals surface area contributed by atoms with Crippen LogP contribution >= 0.6 is 11.8 Å². The normalized spacial score (nSPS) is 10.7. The molecule has 0 N–H and O–H groups in total. The van der Waals surface area contributed by atoms with E-state index in [-0.39, 0.29) is 5.91 Å². The van der Waals surface area contributed by atoms with Crippen LogP contribution in [0.1, 0.15) is 24.5 Å². The lowest BCUT2D eigenvalue weighted by molar-refractivity contribution is -0.129. The molecule has 0 fully saturated rings. The molecule has 2 aromatic rings. The zero-order valence-corrected chi connectivity index (χ0v) is 14.3. The van der Waals surface area contributed by atoms with Crippen LogP contribution in [0, 0.1) is 6.92 Å². The van der Waals surface area contributed by atoms with E-state index in [0.717, 1.165) is 22.8 Å². The van der Waals surface area contributed by atoms with Crippen LogP contribution in [0.3, 0.4) is 0 Å². The summed E-state index contributed by atoms with van der Waals surface area (Å²) in [4.78, 5) is 13.8. The molecule has 1 aromatic carbocycles. The van der Waals surface area contributed by atoms with Crippen molar-refractivity contribution >= 4 is 17.7 Å². The van der Waals surface area contributed by atoms with Gasteiger partial charge in [-0.3, -0.25) is 4.79 Å². The van der Waals surface area contributed by atoms with Gasteiger partial charge in [-0.05, 0) is 24.3 Å². The quantitative estimate of drug-likeness (QED) is 0.736. The fraction of sp³-hybridized carbons (Fsp3) is 0.412. The number of aryl methyl sites for hydroxylation is 1. The lowest BCUT2D eigenvalue weighted by Crippen LogP contribution is -2.26. The molecule has 0 aliphatic heterocycles. The van der Waals surface area contributed by atoms with Gasteiger partial charge in [-0.2, -0.15) is 16.9 Å². The SMILES string of the molecule is CCSCCC(=O)N(C)Cc1cnn(-c2ccccc2C)c1. The maximum Gasteiger partial charge on any atom is 0.223 e. The first-order valence-electron chi connectivity index (χ1n) is 7.53. The second-order valence-corrected chi connectivity index (χ2v) is 6.67. The summed E-state index contributed by atoms with van der Waals surface area (Å²) in [5.74, 6) is 2.13. The van der Waals surface area contributed by atoms with E-state index in [0.29, 0.717) is 13.0 Å². The van der Waals surface area contributed by atoms with Gasteiger partial charge in [-0.1, -0.05) is 25.1 Å². The molecule has 0 atom stereocenters. The molecule has 1 amide bonds. The average Bonchev–Trinajstić information content (AvgIpc) is 2.96. The van der Waals surface area contributed by atoms with Crippen molar-refractivity contribution in [2.75, 3.05) is 18.6 Å². The smallest absolute Gasteiger partial charge is 0.223 e. The lowest BCUT2D eigenvalue weighted by Gasteiger charge is -2.15. The second kappa shape index (κ2) is 8.03. The molecule has 0 saturated carbocycles. The molecule has 0 spiro atoms. The molecular weight excluding hydrogens is 294 g/mol.